The second-order valence-electron chi connectivity index (χ2n) is 5.15. The number of hydrogen-bond donors (Lipinski definition) is 0. The summed E-state index contributed by atoms with van der Waals surface area (Å²) in [6.07, 6.45) is 7.05. The SMILES string of the molecule is Cc1ccccc1/C=C/C1Cc2ccccc2C1. The van der Waals surface area contributed by atoms with Crippen molar-refractivity contribution in [3.8, 4) is 0 Å². The van der Waals surface area contributed by atoms with Gasteiger partial charge in [-0.2, -0.15) is 0 Å². The zero-order chi connectivity index (χ0) is 12.4. The quantitative estimate of drug-likeness (QED) is 0.721. The van der Waals surface area contributed by atoms with Crippen LogP contribution in [0.5, 0.6) is 0 Å². The Bertz CT molecular complexity index is 553. The maximum absolute atomic E-state index is 2.38. The zero-order valence-electron chi connectivity index (χ0n) is 10.8. The molecule has 1 aliphatic rings. The van der Waals surface area contributed by atoms with Crippen molar-refractivity contribution >= 4 is 6.08 Å². The van der Waals surface area contributed by atoms with E-state index in [2.05, 4.69) is 67.6 Å². The number of benzene rings is 2. The first kappa shape index (κ1) is 11.3. The van der Waals surface area contributed by atoms with Gasteiger partial charge in [-0.1, -0.05) is 60.7 Å². The fourth-order valence-electron chi connectivity index (χ4n) is 2.74. The second-order valence-corrected chi connectivity index (χ2v) is 5.15. The largest absolute Gasteiger partial charge is 0.0802 e. The first-order valence-electron chi connectivity index (χ1n) is 6.63. The van der Waals surface area contributed by atoms with E-state index in [0.717, 1.165) is 0 Å². The van der Waals surface area contributed by atoms with Crippen LogP contribution < -0.4 is 0 Å². The summed E-state index contributed by atoms with van der Waals surface area (Å²) in [6.45, 7) is 2.17. The molecule has 0 aliphatic heterocycles. The van der Waals surface area contributed by atoms with Crippen LogP contribution in [0, 0.1) is 12.8 Å². The molecule has 2 aromatic rings. The van der Waals surface area contributed by atoms with Crippen LogP contribution in [-0.4, -0.2) is 0 Å². The molecule has 0 bridgehead atoms. The molecule has 0 unspecified atom stereocenters. The van der Waals surface area contributed by atoms with Gasteiger partial charge in [0.05, 0.1) is 0 Å². The van der Waals surface area contributed by atoms with Gasteiger partial charge in [-0.25, -0.2) is 0 Å². The smallest absolute Gasteiger partial charge is 0.0149 e. The molecule has 0 aromatic heterocycles. The van der Waals surface area contributed by atoms with Gasteiger partial charge in [-0.05, 0) is 47.9 Å². The highest BCUT2D eigenvalue weighted by Crippen LogP contribution is 2.27. The van der Waals surface area contributed by atoms with Crippen LogP contribution in [0.3, 0.4) is 0 Å². The Morgan fingerprint density at radius 3 is 2.17 bits per heavy atom. The van der Waals surface area contributed by atoms with Crippen LogP contribution in [0.4, 0.5) is 0 Å². The number of rotatable bonds is 2. The summed E-state index contributed by atoms with van der Waals surface area (Å²) in [5.74, 6) is 0.669. The van der Waals surface area contributed by atoms with E-state index in [9.17, 15) is 0 Å². The summed E-state index contributed by atoms with van der Waals surface area (Å²) in [5.41, 5.74) is 5.74. The first-order valence-corrected chi connectivity index (χ1v) is 6.63. The highest BCUT2D eigenvalue weighted by molar-refractivity contribution is 5.54. The van der Waals surface area contributed by atoms with E-state index in [1.807, 2.05) is 0 Å². The van der Waals surface area contributed by atoms with E-state index in [-0.39, 0.29) is 0 Å². The average molecular weight is 234 g/mol. The monoisotopic (exact) mass is 234 g/mol. The van der Waals surface area contributed by atoms with Gasteiger partial charge in [0.2, 0.25) is 0 Å². The minimum absolute atomic E-state index is 0.669. The fourth-order valence-corrected chi connectivity index (χ4v) is 2.74. The van der Waals surface area contributed by atoms with Crippen LogP contribution in [0.1, 0.15) is 22.3 Å². The fraction of sp³-hybridized carbons (Fsp3) is 0.222. The molecule has 0 spiro atoms. The van der Waals surface area contributed by atoms with Gasteiger partial charge in [0.25, 0.3) is 0 Å². The molecular formula is C18H18. The molecule has 0 saturated heterocycles. The molecule has 0 fully saturated rings. The Morgan fingerprint density at radius 2 is 1.50 bits per heavy atom. The molecule has 90 valence electrons. The summed E-state index contributed by atoms with van der Waals surface area (Å²) >= 11 is 0. The third-order valence-corrected chi connectivity index (χ3v) is 3.82. The maximum Gasteiger partial charge on any atom is -0.0149 e. The standard InChI is InChI=1S/C18H18/c1-14-6-2-3-7-16(14)11-10-15-12-17-8-4-5-9-18(17)13-15/h2-11,15H,12-13H2,1H3/b11-10+. The van der Waals surface area contributed by atoms with Gasteiger partial charge < -0.3 is 0 Å². The predicted molar refractivity (Wildman–Crippen MR) is 77.6 cm³/mol. The van der Waals surface area contributed by atoms with Crippen LogP contribution in [0.2, 0.25) is 0 Å². The molecule has 0 heterocycles. The van der Waals surface area contributed by atoms with E-state index in [1.54, 1.807) is 0 Å². The normalized spacial score (nSPS) is 15.2. The predicted octanol–water partition coefficient (Wildman–Crippen LogP) is 4.42. The summed E-state index contributed by atoms with van der Waals surface area (Å²) in [4.78, 5) is 0. The Balaban J connectivity index is 1.75. The maximum atomic E-state index is 2.38. The van der Waals surface area contributed by atoms with E-state index in [0.29, 0.717) is 5.92 Å². The van der Waals surface area contributed by atoms with Crippen molar-refractivity contribution in [3.63, 3.8) is 0 Å². The molecular weight excluding hydrogens is 216 g/mol. The minimum Gasteiger partial charge on any atom is -0.0802 e. The summed E-state index contributed by atoms with van der Waals surface area (Å²) < 4.78 is 0. The lowest BCUT2D eigenvalue weighted by Gasteiger charge is -2.03. The topological polar surface area (TPSA) is 0 Å². The van der Waals surface area contributed by atoms with Crippen LogP contribution in [0.15, 0.2) is 54.6 Å². The third kappa shape index (κ3) is 2.24. The van der Waals surface area contributed by atoms with Gasteiger partial charge in [-0.15, -0.1) is 0 Å². The highest BCUT2D eigenvalue weighted by Gasteiger charge is 2.18. The van der Waals surface area contributed by atoms with Crippen molar-refractivity contribution in [1.29, 1.82) is 0 Å². The molecule has 0 saturated carbocycles. The number of fused-ring (bicyclic) bond motifs is 1. The molecule has 0 nitrogen and oxygen atoms in total. The number of allylic oxidation sites excluding steroid dienone is 1. The number of aryl methyl sites for hydroxylation is 1. The minimum atomic E-state index is 0.669. The molecule has 0 N–H and O–H groups in total. The molecule has 0 atom stereocenters. The third-order valence-electron chi connectivity index (χ3n) is 3.82. The second kappa shape index (κ2) is 4.81. The van der Waals surface area contributed by atoms with Crippen molar-refractivity contribution in [2.75, 3.05) is 0 Å². The molecule has 0 amide bonds. The number of hydrogen-bond acceptors (Lipinski definition) is 0. The van der Waals surface area contributed by atoms with Crippen molar-refractivity contribution < 1.29 is 0 Å². The van der Waals surface area contributed by atoms with E-state index in [4.69, 9.17) is 0 Å². The lowest BCUT2D eigenvalue weighted by molar-refractivity contribution is 0.707. The lowest BCUT2D eigenvalue weighted by Crippen LogP contribution is -1.93. The molecule has 0 heteroatoms. The van der Waals surface area contributed by atoms with Gasteiger partial charge >= 0.3 is 0 Å². The molecule has 2 aromatic carbocycles. The molecule has 1 aliphatic carbocycles. The van der Waals surface area contributed by atoms with Gasteiger partial charge in [0.1, 0.15) is 0 Å². The zero-order valence-corrected chi connectivity index (χ0v) is 10.8. The van der Waals surface area contributed by atoms with Crippen LogP contribution in [0.25, 0.3) is 6.08 Å². The summed E-state index contributed by atoms with van der Waals surface area (Å²) in [7, 11) is 0. The van der Waals surface area contributed by atoms with Gasteiger partial charge in [0, 0.05) is 0 Å². The molecule has 0 radical (unpaired) electrons. The lowest BCUT2D eigenvalue weighted by atomic mass is 10.0. The summed E-state index contributed by atoms with van der Waals surface area (Å²) in [6, 6.07) is 17.4. The highest BCUT2D eigenvalue weighted by atomic mass is 14.2. The Hall–Kier alpha value is -1.82. The molecule has 18 heavy (non-hydrogen) atoms. The van der Waals surface area contributed by atoms with Crippen molar-refractivity contribution in [1.82, 2.24) is 0 Å². The Kier molecular flexibility index (Phi) is 3.02. The van der Waals surface area contributed by atoms with E-state index in [1.165, 1.54) is 35.1 Å². The van der Waals surface area contributed by atoms with Crippen LogP contribution >= 0.6 is 0 Å². The summed E-state index contributed by atoms with van der Waals surface area (Å²) in [5, 5.41) is 0. The Morgan fingerprint density at radius 1 is 0.889 bits per heavy atom. The van der Waals surface area contributed by atoms with Gasteiger partial charge in [-0.3, -0.25) is 0 Å². The van der Waals surface area contributed by atoms with Crippen molar-refractivity contribution in [2.45, 2.75) is 19.8 Å². The molecule has 3 rings (SSSR count). The average Bonchev–Trinajstić information content (AvgIpc) is 2.80. The van der Waals surface area contributed by atoms with Crippen molar-refractivity contribution in [2.24, 2.45) is 5.92 Å². The first-order chi connectivity index (χ1) is 8.83. The van der Waals surface area contributed by atoms with E-state index < -0.39 is 0 Å². The van der Waals surface area contributed by atoms with Crippen LogP contribution in [-0.2, 0) is 12.8 Å². The van der Waals surface area contributed by atoms with Crippen molar-refractivity contribution in [3.05, 3.63) is 76.9 Å². The Labute approximate surface area is 109 Å². The van der Waals surface area contributed by atoms with Gasteiger partial charge in [0.15, 0.2) is 0 Å². The van der Waals surface area contributed by atoms with E-state index >= 15 is 0 Å².